The van der Waals surface area contributed by atoms with Gasteiger partial charge >= 0.3 is 12.1 Å². The third-order valence-electron chi connectivity index (χ3n) is 2.61. The van der Waals surface area contributed by atoms with Gasteiger partial charge in [0.1, 0.15) is 6.61 Å². The SMILES string of the molecule is O=C(O)CCc1cccc(N2CCOC2=O)c1. The number of nitrogens with zero attached hydrogens (tertiary/aromatic N) is 1. The second-order valence-electron chi connectivity index (χ2n) is 3.83. The zero-order valence-corrected chi connectivity index (χ0v) is 9.26. The molecule has 1 saturated heterocycles. The number of ether oxygens (including phenoxy) is 1. The van der Waals surface area contributed by atoms with Crippen molar-refractivity contribution in [1.82, 2.24) is 0 Å². The summed E-state index contributed by atoms with van der Waals surface area (Å²) in [7, 11) is 0. The van der Waals surface area contributed by atoms with Crippen molar-refractivity contribution in [2.75, 3.05) is 18.1 Å². The van der Waals surface area contributed by atoms with Crippen molar-refractivity contribution in [3.05, 3.63) is 29.8 Å². The molecular weight excluding hydrogens is 222 g/mol. The summed E-state index contributed by atoms with van der Waals surface area (Å²) in [5.41, 5.74) is 1.67. The molecule has 0 bridgehead atoms. The van der Waals surface area contributed by atoms with Crippen LogP contribution in [0, 0.1) is 0 Å². The molecule has 1 aliphatic rings. The minimum absolute atomic E-state index is 0.0912. The highest BCUT2D eigenvalue weighted by atomic mass is 16.6. The van der Waals surface area contributed by atoms with Crippen molar-refractivity contribution in [3.63, 3.8) is 0 Å². The summed E-state index contributed by atoms with van der Waals surface area (Å²) in [5, 5.41) is 8.61. The summed E-state index contributed by atoms with van der Waals surface area (Å²) in [6.07, 6.45) is 0.209. The molecule has 90 valence electrons. The van der Waals surface area contributed by atoms with Gasteiger partial charge < -0.3 is 9.84 Å². The maximum Gasteiger partial charge on any atom is 0.414 e. The zero-order chi connectivity index (χ0) is 12.3. The molecule has 0 aliphatic carbocycles. The van der Waals surface area contributed by atoms with Gasteiger partial charge in [-0.25, -0.2) is 4.79 Å². The summed E-state index contributed by atoms with van der Waals surface area (Å²) in [4.78, 5) is 23.4. The van der Waals surface area contributed by atoms with E-state index in [4.69, 9.17) is 9.84 Å². The van der Waals surface area contributed by atoms with Crippen LogP contribution in [0.15, 0.2) is 24.3 Å². The Kier molecular flexibility index (Phi) is 3.27. The van der Waals surface area contributed by atoms with Crippen LogP contribution in [0.2, 0.25) is 0 Å². The van der Waals surface area contributed by atoms with E-state index in [1.807, 2.05) is 24.3 Å². The number of carbonyl (C=O) groups is 2. The van der Waals surface area contributed by atoms with Gasteiger partial charge in [0.15, 0.2) is 0 Å². The van der Waals surface area contributed by atoms with E-state index in [2.05, 4.69) is 0 Å². The lowest BCUT2D eigenvalue weighted by molar-refractivity contribution is -0.136. The summed E-state index contributed by atoms with van der Waals surface area (Å²) in [6.45, 7) is 0.944. The number of amides is 1. The van der Waals surface area contributed by atoms with Crippen molar-refractivity contribution in [2.24, 2.45) is 0 Å². The molecule has 0 spiro atoms. The fourth-order valence-corrected chi connectivity index (χ4v) is 1.76. The largest absolute Gasteiger partial charge is 0.481 e. The first-order chi connectivity index (χ1) is 8.16. The molecule has 1 N–H and O–H groups in total. The molecule has 0 aromatic heterocycles. The molecule has 0 unspecified atom stereocenters. The predicted octanol–water partition coefficient (Wildman–Crippen LogP) is 1.66. The molecule has 2 rings (SSSR count). The number of carbonyl (C=O) groups excluding carboxylic acids is 1. The molecule has 0 radical (unpaired) electrons. The highest BCUT2D eigenvalue weighted by Crippen LogP contribution is 2.20. The van der Waals surface area contributed by atoms with Crippen LogP contribution in [-0.4, -0.2) is 30.3 Å². The molecule has 1 aliphatic heterocycles. The Morgan fingerprint density at radius 3 is 2.94 bits per heavy atom. The molecule has 5 heteroatoms. The van der Waals surface area contributed by atoms with Gasteiger partial charge in [0.25, 0.3) is 0 Å². The average molecular weight is 235 g/mol. The highest BCUT2D eigenvalue weighted by Gasteiger charge is 2.23. The van der Waals surface area contributed by atoms with Crippen LogP contribution in [-0.2, 0) is 16.0 Å². The smallest absolute Gasteiger partial charge is 0.414 e. The van der Waals surface area contributed by atoms with Crippen LogP contribution >= 0.6 is 0 Å². The van der Waals surface area contributed by atoms with Crippen molar-refractivity contribution in [2.45, 2.75) is 12.8 Å². The number of hydrogen-bond donors (Lipinski definition) is 1. The van der Waals surface area contributed by atoms with E-state index >= 15 is 0 Å². The maximum atomic E-state index is 11.4. The number of aryl methyl sites for hydroxylation is 1. The molecule has 0 atom stereocenters. The quantitative estimate of drug-likeness (QED) is 0.861. The fraction of sp³-hybridized carbons (Fsp3) is 0.333. The van der Waals surface area contributed by atoms with Crippen molar-refractivity contribution < 1.29 is 19.4 Å². The van der Waals surface area contributed by atoms with Crippen LogP contribution < -0.4 is 4.90 Å². The van der Waals surface area contributed by atoms with Gasteiger partial charge in [-0.2, -0.15) is 0 Å². The number of hydrogen-bond acceptors (Lipinski definition) is 3. The monoisotopic (exact) mass is 235 g/mol. The maximum absolute atomic E-state index is 11.4. The number of benzene rings is 1. The number of carboxylic acids is 1. The van der Waals surface area contributed by atoms with Crippen molar-refractivity contribution in [3.8, 4) is 0 Å². The first-order valence-corrected chi connectivity index (χ1v) is 5.42. The Labute approximate surface area is 98.6 Å². The highest BCUT2D eigenvalue weighted by molar-refractivity contribution is 5.89. The zero-order valence-electron chi connectivity index (χ0n) is 9.26. The van der Waals surface area contributed by atoms with E-state index in [9.17, 15) is 9.59 Å². The third kappa shape index (κ3) is 2.75. The lowest BCUT2D eigenvalue weighted by atomic mass is 10.1. The molecular formula is C12H13NO4. The Morgan fingerprint density at radius 1 is 1.47 bits per heavy atom. The summed E-state index contributed by atoms with van der Waals surface area (Å²) in [5.74, 6) is -0.823. The molecule has 17 heavy (non-hydrogen) atoms. The minimum atomic E-state index is -0.823. The van der Waals surface area contributed by atoms with Crippen LogP contribution in [0.4, 0.5) is 10.5 Å². The van der Waals surface area contributed by atoms with Crippen molar-refractivity contribution in [1.29, 1.82) is 0 Å². The predicted molar refractivity (Wildman–Crippen MR) is 61.1 cm³/mol. The molecule has 1 fully saturated rings. The Morgan fingerprint density at radius 2 is 2.29 bits per heavy atom. The topological polar surface area (TPSA) is 66.8 Å². The van der Waals surface area contributed by atoms with Gasteiger partial charge in [-0.05, 0) is 24.1 Å². The van der Waals surface area contributed by atoms with Gasteiger partial charge in [0.2, 0.25) is 0 Å². The van der Waals surface area contributed by atoms with E-state index in [1.54, 1.807) is 4.90 Å². The van der Waals surface area contributed by atoms with E-state index in [0.29, 0.717) is 19.6 Å². The molecule has 1 amide bonds. The number of carboxylic acid groups (broad SMARTS) is 1. The first kappa shape index (κ1) is 11.4. The molecule has 1 aromatic carbocycles. The van der Waals surface area contributed by atoms with Crippen molar-refractivity contribution >= 4 is 17.7 Å². The molecule has 1 heterocycles. The minimum Gasteiger partial charge on any atom is -0.481 e. The fourth-order valence-electron chi connectivity index (χ4n) is 1.76. The molecule has 5 nitrogen and oxygen atoms in total. The van der Waals surface area contributed by atoms with Crippen LogP contribution in [0.25, 0.3) is 0 Å². The van der Waals surface area contributed by atoms with E-state index < -0.39 is 5.97 Å². The molecule has 1 aromatic rings. The number of anilines is 1. The Bertz CT molecular complexity index is 444. The lowest BCUT2D eigenvalue weighted by Gasteiger charge is -2.13. The number of aliphatic carboxylic acids is 1. The average Bonchev–Trinajstić information content (AvgIpc) is 2.73. The normalized spacial score (nSPS) is 14.8. The second kappa shape index (κ2) is 4.86. The summed E-state index contributed by atoms with van der Waals surface area (Å²) >= 11 is 0. The van der Waals surface area contributed by atoms with Gasteiger partial charge in [-0.1, -0.05) is 12.1 Å². The van der Waals surface area contributed by atoms with E-state index in [1.165, 1.54) is 0 Å². The van der Waals surface area contributed by atoms with Gasteiger partial charge in [-0.3, -0.25) is 9.69 Å². The van der Waals surface area contributed by atoms with Gasteiger partial charge in [0.05, 0.1) is 6.54 Å². The van der Waals surface area contributed by atoms with Crippen LogP contribution in [0.1, 0.15) is 12.0 Å². The van der Waals surface area contributed by atoms with Crippen LogP contribution in [0.5, 0.6) is 0 Å². The Balaban J connectivity index is 2.10. The standard InChI is InChI=1S/C12H13NO4/c14-11(15)5-4-9-2-1-3-10(8-9)13-6-7-17-12(13)16/h1-3,8H,4-7H2,(H,14,15). The molecule has 0 saturated carbocycles. The summed E-state index contributed by atoms with van der Waals surface area (Å²) < 4.78 is 4.85. The second-order valence-corrected chi connectivity index (χ2v) is 3.83. The van der Waals surface area contributed by atoms with E-state index in [-0.39, 0.29) is 12.5 Å². The summed E-state index contributed by atoms with van der Waals surface area (Å²) in [6, 6.07) is 7.32. The number of cyclic esters (lactones) is 1. The van der Waals surface area contributed by atoms with E-state index in [0.717, 1.165) is 11.3 Å². The third-order valence-corrected chi connectivity index (χ3v) is 2.61. The Hall–Kier alpha value is -2.04. The first-order valence-electron chi connectivity index (χ1n) is 5.42. The van der Waals surface area contributed by atoms with Gasteiger partial charge in [0, 0.05) is 12.1 Å². The lowest BCUT2D eigenvalue weighted by Crippen LogP contribution is -2.23. The van der Waals surface area contributed by atoms with Gasteiger partial charge in [-0.15, -0.1) is 0 Å². The number of rotatable bonds is 4. The van der Waals surface area contributed by atoms with Crippen LogP contribution in [0.3, 0.4) is 0 Å².